The second kappa shape index (κ2) is 3.07. The molecule has 0 aliphatic heterocycles. The average molecular weight is 258 g/mol. The van der Waals surface area contributed by atoms with Gasteiger partial charge in [0.2, 0.25) is 0 Å². The van der Waals surface area contributed by atoms with Crippen molar-refractivity contribution in [3.05, 3.63) is 0 Å². The molecule has 0 fully saturated rings. The largest absolute Gasteiger partial charge is 0.397 e. The van der Waals surface area contributed by atoms with Crippen molar-refractivity contribution in [1.29, 1.82) is 0 Å². The molecule has 0 spiro atoms. The average Bonchev–Trinajstić information content (AvgIpc) is 1.25. The normalized spacial score (nSPS) is 12.2. The summed E-state index contributed by atoms with van der Waals surface area (Å²) in [5.74, 6) is 0. The van der Waals surface area contributed by atoms with Gasteiger partial charge in [0.25, 0.3) is 0 Å². The molecule has 2 N–H and O–H groups in total. The van der Waals surface area contributed by atoms with Crippen molar-refractivity contribution in [3.63, 3.8) is 0 Å². The van der Waals surface area contributed by atoms with Crippen LogP contribution in [0.4, 0.5) is 0 Å². The molecule has 0 radical (unpaired) electrons. The molecule has 0 aromatic rings. The maximum atomic E-state index is 9.37. The van der Waals surface area contributed by atoms with E-state index >= 15 is 0 Å². The minimum atomic E-state index is -5.31. The van der Waals surface area contributed by atoms with Gasteiger partial charge in [-0.25, -0.2) is 0 Å². The van der Waals surface area contributed by atoms with E-state index in [4.69, 9.17) is 9.11 Å². The fraction of sp³-hybridized carbons (Fsp3) is 0. The van der Waals surface area contributed by atoms with Gasteiger partial charge in [-0.15, -0.1) is 0 Å². The van der Waals surface area contributed by atoms with Crippen molar-refractivity contribution in [2.45, 2.75) is 0 Å². The fourth-order valence-corrected chi connectivity index (χ4v) is 0. The zero-order valence-electron chi connectivity index (χ0n) is 3.75. The van der Waals surface area contributed by atoms with Crippen molar-refractivity contribution in [1.82, 2.24) is 0 Å². The van der Waals surface area contributed by atoms with Gasteiger partial charge in [-0.1, -0.05) is 0 Å². The zero-order valence-corrected chi connectivity index (χ0v) is 7.39. The molecule has 0 aromatic carbocycles. The first-order valence-electron chi connectivity index (χ1n) is 1.20. The Balaban J connectivity index is 0. The molecule has 56 valence electrons. The van der Waals surface area contributed by atoms with Gasteiger partial charge in [0, 0.05) is 21.1 Å². The molecule has 0 heterocycles. The van der Waals surface area contributed by atoms with Crippen LogP contribution in [0.1, 0.15) is 0 Å². The second-order valence-electron chi connectivity index (χ2n) is 0.855. The quantitative estimate of drug-likeness (QED) is 0.343. The van der Waals surface area contributed by atoms with Crippen molar-refractivity contribution >= 4 is 18.3 Å². The molecular formula is H2MoO6S2. The van der Waals surface area contributed by atoms with Crippen molar-refractivity contribution in [3.8, 4) is 0 Å². The maximum Gasteiger partial charge on any atom is 0.397 e. The summed E-state index contributed by atoms with van der Waals surface area (Å²) in [7, 11) is -10.6. The third kappa shape index (κ3) is 3.99. The first-order valence-corrected chi connectivity index (χ1v) is 4.60. The molecular weight excluding hydrogens is 256 g/mol. The molecule has 0 saturated heterocycles. The van der Waals surface area contributed by atoms with E-state index in [1.807, 2.05) is 0 Å². The number of hydrogen-bond donors (Lipinski definition) is 2. The summed E-state index contributed by atoms with van der Waals surface area (Å²) in [6.07, 6.45) is 0. The summed E-state index contributed by atoms with van der Waals surface area (Å²) < 4.78 is 52.5. The molecule has 0 atom stereocenters. The molecule has 9 heavy (non-hydrogen) atoms. The Bertz CT molecular complexity index is 223. The van der Waals surface area contributed by atoms with Crippen LogP contribution in [0.3, 0.4) is 0 Å². The van der Waals surface area contributed by atoms with E-state index in [1.165, 1.54) is 0 Å². The Kier molecular flexibility index (Phi) is 4.16. The van der Waals surface area contributed by atoms with Crippen molar-refractivity contribution in [2.24, 2.45) is 0 Å². The van der Waals surface area contributed by atoms with E-state index in [1.54, 1.807) is 0 Å². The van der Waals surface area contributed by atoms with Gasteiger partial charge in [-0.05, 0) is 0 Å². The van der Waals surface area contributed by atoms with Gasteiger partial charge < -0.3 is 0 Å². The Morgan fingerprint density at radius 2 is 0.889 bits per heavy atom. The molecule has 0 unspecified atom stereocenters. The SMILES string of the molecule is O=S(=O)(O)S(=O)(=O)O.[Mo]. The van der Waals surface area contributed by atoms with Crippen LogP contribution in [0.2, 0.25) is 0 Å². The zero-order chi connectivity index (χ0) is 7.00. The Hall–Kier alpha value is 0.508. The van der Waals surface area contributed by atoms with E-state index in [-0.39, 0.29) is 21.1 Å². The van der Waals surface area contributed by atoms with Gasteiger partial charge in [-0.3, -0.25) is 9.11 Å². The summed E-state index contributed by atoms with van der Waals surface area (Å²) in [5.41, 5.74) is 0. The number of rotatable bonds is 1. The Morgan fingerprint density at radius 1 is 0.778 bits per heavy atom. The minimum Gasteiger partial charge on any atom is -0.272 e. The summed E-state index contributed by atoms with van der Waals surface area (Å²) in [4.78, 5) is 0. The second-order valence-corrected chi connectivity index (χ2v) is 5.09. The first-order chi connectivity index (χ1) is 3.25. The molecule has 0 bridgehead atoms. The molecule has 0 amide bonds. The van der Waals surface area contributed by atoms with E-state index in [0.29, 0.717) is 0 Å². The summed E-state index contributed by atoms with van der Waals surface area (Å²) in [5, 5.41) is 0. The van der Waals surface area contributed by atoms with Crippen molar-refractivity contribution in [2.75, 3.05) is 0 Å². The third-order valence-electron chi connectivity index (χ3n) is 0.266. The molecule has 0 aromatic heterocycles. The third-order valence-corrected chi connectivity index (χ3v) is 2.40. The molecule has 0 saturated carbocycles. The monoisotopic (exact) mass is 260 g/mol. The van der Waals surface area contributed by atoms with Gasteiger partial charge in [-0.2, -0.15) is 16.8 Å². The van der Waals surface area contributed by atoms with E-state index in [0.717, 1.165) is 0 Å². The molecule has 0 aliphatic rings. The molecule has 9 heteroatoms. The molecule has 0 aliphatic carbocycles. The van der Waals surface area contributed by atoms with Crippen LogP contribution < -0.4 is 0 Å². The minimum absolute atomic E-state index is 0. The van der Waals surface area contributed by atoms with Crippen LogP contribution in [0.15, 0.2) is 0 Å². The van der Waals surface area contributed by atoms with Crippen LogP contribution in [0.5, 0.6) is 0 Å². The fourth-order valence-electron chi connectivity index (χ4n) is 0. The van der Waals surface area contributed by atoms with Gasteiger partial charge in [0.1, 0.15) is 0 Å². The topological polar surface area (TPSA) is 109 Å². The predicted molar refractivity (Wildman–Crippen MR) is 23.1 cm³/mol. The standard InChI is InChI=1S/Mo.H2O6S2/c;1-7(2,3)8(4,5)6/h;(H,1,2,3)(H,4,5,6). The van der Waals surface area contributed by atoms with Crippen LogP contribution in [0.25, 0.3) is 0 Å². The molecule has 6 nitrogen and oxygen atoms in total. The van der Waals surface area contributed by atoms with Crippen LogP contribution >= 0.6 is 0 Å². The summed E-state index contributed by atoms with van der Waals surface area (Å²) in [6.45, 7) is 0. The first kappa shape index (κ1) is 12.2. The van der Waals surface area contributed by atoms with Crippen LogP contribution in [-0.2, 0) is 39.4 Å². The predicted octanol–water partition coefficient (Wildman–Crippen LogP) is -1.33. The van der Waals surface area contributed by atoms with Gasteiger partial charge in [0.15, 0.2) is 0 Å². The van der Waals surface area contributed by atoms with Gasteiger partial charge in [0.05, 0.1) is 0 Å². The smallest absolute Gasteiger partial charge is 0.272 e. The summed E-state index contributed by atoms with van der Waals surface area (Å²) in [6, 6.07) is 0. The summed E-state index contributed by atoms with van der Waals surface area (Å²) >= 11 is 0. The molecule has 0 rings (SSSR count). The van der Waals surface area contributed by atoms with Gasteiger partial charge >= 0.3 is 18.3 Å². The maximum absolute atomic E-state index is 9.37. The number of hydrogen-bond acceptors (Lipinski definition) is 4. The van der Waals surface area contributed by atoms with Crippen LogP contribution in [-0.4, -0.2) is 25.9 Å². The van der Waals surface area contributed by atoms with E-state index < -0.39 is 18.3 Å². The Labute approximate surface area is 65.4 Å². The van der Waals surface area contributed by atoms with Crippen LogP contribution in [0, 0.1) is 0 Å². The Morgan fingerprint density at radius 3 is 0.889 bits per heavy atom. The van der Waals surface area contributed by atoms with Crippen molar-refractivity contribution < 1.29 is 47.0 Å². The van der Waals surface area contributed by atoms with E-state index in [2.05, 4.69) is 0 Å². The van der Waals surface area contributed by atoms with E-state index in [9.17, 15) is 16.8 Å².